The third-order valence-corrected chi connectivity index (χ3v) is 6.72. The molecule has 1 aliphatic heterocycles. The first-order chi connectivity index (χ1) is 12.5. The van der Waals surface area contributed by atoms with Gasteiger partial charge in [0.1, 0.15) is 5.37 Å². The van der Waals surface area contributed by atoms with E-state index < -0.39 is 0 Å². The summed E-state index contributed by atoms with van der Waals surface area (Å²) in [4.78, 5) is 29.7. The maximum atomic E-state index is 12.8. The summed E-state index contributed by atoms with van der Waals surface area (Å²) in [7, 11) is 0. The first-order valence-electron chi connectivity index (χ1n) is 8.80. The average Bonchev–Trinajstić information content (AvgIpc) is 3.26. The van der Waals surface area contributed by atoms with Crippen molar-refractivity contribution >= 4 is 34.9 Å². The molecule has 2 aromatic rings. The van der Waals surface area contributed by atoms with E-state index >= 15 is 0 Å². The number of aryl methyl sites for hydroxylation is 1. The highest BCUT2D eigenvalue weighted by atomic mass is 32.2. The van der Waals surface area contributed by atoms with Crippen molar-refractivity contribution < 1.29 is 9.59 Å². The molecule has 1 aliphatic rings. The molecule has 0 spiro atoms. The Kier molecular flexibility index (Phi) is 6.04. The third kappa shape index (κ3) is 3.96. The molecule has 2 amide bonds. The van der Waals surface area contributed by atoms with Gasteiger partial charge in [0.05, 0.1) is 10.6 Å². The molecular weight excluding hydrogens is 364 g/mol. The second-order valence-corrected chi connectivity index (χ2v) is 8.69. The Morgan fingerprint density at radius 3 is 2.69 bits per heavy atom. The van der Waals surface area contributed by atoms with Crippen LogP contribution >= 0.6 is 23.1 Å². The van der Waals surface area contributed by atoms with Crippen LogP contribution < -0.4 is 0 Å². The first-order valence-corrected chi connectivity index (χ1v) is 10.7. The Labute approximate surface area is 163 Å². The van der Waals surface area contributed by atoms with Crippen LogP contribution in [0.4, 0.5) is 0 Å². The molecule has 1 aromatic heterocycles. The Morgan fingerprint density at radius 1 is 1.27 bits per heavy atom. The molecule has 0 radical (unpaired) electrons. The van der Waals surface area contributed by atoms with Crippen LogP contribution in [-0.4, -0.2) is 46.5 Å². The van der Waals surface area contributed by atoms with Gasteiger partial charge in [-0.05, 0) is 43.3 Å². The van der Waals surface area contributed by atoms with E-state index in [0.29, 0.717) is 18.8 Å². The lowest BCUT2D eigenvalue weighted by Crippen LogP contribution is -2.43. The Hall–Kier alpha value is -1.79. The molecule has 26 heavy (non-hydrogen) atoms. The number of thioether (sulfide) groups is 1. The summed E-state index contributed by atoms with van der Waals surface area (Å²) < 4.78 is 0. The summed E-state index contributed by atoms with van der Waals surface area (Å²) in [6, 6.07) is 12.1. The van der Waals surface area contributed by atoms with Crippen LogP contribution in [0.25, 0.3) is 0 Å². The van der Waals surface area contributed by atoms with E-state index in [0.717, 1.165) is 4.88 Å². The van der Waals surface area contributed by atoms with Gasteiger partial charge in [-0.15, -0.1) is 23.1 Å². The third-order valence-electron chi connectivity index (χ3n) is 4.62. The van der Waals surface area contributed by atoms with Crippen molar-refractivity contribution in [3.05, 3.63) is 57.8 Å². The highest BCUT2D eigenvalue weighted by Gasteiger charge is 2.34. The standard InChI is InChI=1S/C20H24N2O2S2/c1-14(2)21(19(24)17-9-6-12-25-17)10-11-22-18(23)13-26-20(22)16-8-5-4-7-15(16)3/h4-9,12,14,20H,10-11,13H2,1-3H3/t20-/m0/s1. The van der Waals surface area contributed by atoms with Gasteiger partial charge in [0.2, 0.25) is 5.91 Å². The number of nitrogens with zero attached hydrogens (tertiary/aromatic N) is 2. The fourth-order valence-electron chi connectivity index (χ4n) is 3.17. The first kappa shape index (κ1) is 19.0. The van der Waals surface area contributed by atoms with Crippen molar-refractivity contribution in [3.63, 3.8) is 0 Å². The van der Waals surface area contributed by atoms with Crippen LogP contribution in [0.5, 0.6) is 0 Å². The number of amides is 2. The van der Waals surface area contributed by atoms with E-state index in [1.165, 1.54) is 22.5 Å². The van der Waals surface area contributed by atoms with Gasteiger partial charge in [0, 0.05) is 19.1 Å². The summed E-state index contributed by atoms with van der Waals surface area (Å²) in [5, 5.41) is 1.95. The van der Waals surface area contributed by atoms with Gasteiger partial charge in [-0.2, -0.15) is 0 Å². The molecule has 1 aromatic carbocycles. The van der Waals surface area contributed by atoms with Crippen molar-refractivity contribution in [2.75, 3.05) is 18.8 Å². The van der Waals surface area contributed by atoms with Crippen molar-refractivity contribution in [1.82, 2.24) is 9.80 Å². The number of carbonyl (C=O) groups excluding carboxylic acids is 2. The zero-order valence-corrected chi connectivity index (χ0v) is 17.0. The summed E-state index contributed by atoms with van der Waals surface area (Å²) in [5.74, 6) is 0.691. The van der Waals surface area contributed by atoms with Crippen LogP contribution in [0.15, 0.2) is 41.8 Å². The number of benzene rings is 1. The lowest BCUT2D eigenvalue weighted by molar-refractivity contribution is -0.128. The fraction of sp³-hybridized carbons (Fsp3) is 0.400. The van der Waals surface area contributed by atoms with Crippen molar-refractivity contribution in [1.29, 1.82) is 0 Å². The quantitative estimate of drug-likeness (QED) is 0.745. The molecule has 3 rings (SSSR count). The van der Waals surface area contributed by atoms with Crippen molar-refractivity contribution in [2.45, 2.75) is 32.2 Å². The second-order valence-electron chi connectivity index (χ2n) is 6.68. The molecule has 0 unspecified atom stereocenters. The lowest BCUT2D eigenvalue weighted by Gasteiger charge is -2.31. The van der Waals surface area contributed by atoms with Crippen LogP contribution in [0.1, 0.15) is 40.0 Å². The van der Waals surface area contributed by atoms with Crippen molar-refractivity contribution in [3.8, 4) is 0 Å². The molecule has 0 bridgehead atoms. The van der Waals surface area contributed by atoms with Gasteiger partial charge in [-0.25, -0.2) is 0 Å². The second kappa shape index (κ2) is 8.27. The number of hydrogen-bond acceptors (Lipinski definition) is 4. The number of rotatable bonds is 6. The molecule has 0 N–H and O–H groups in total. The van der Waals surface area contributed by atoms with E-state index in [-0.39, 0.29) is 23.2 Å². The predicted octanol–water partition coefficient (Wildman–Crippen LogP) is 4.18. The van der Waals surface area contributed by atoms with Crippen molar-refractivity contribution in [2.24, 2.45) is 0 Å². The molecule has 0 aliphatic carbocycles. The van der Waals surface area contributed by atoms with Gasteiger partial charge in [0.25, 0.3) is 5.91 Å². The maximum absolute atomic E-state index is 12.8. The minimum absolute atomic E-state index is 0.0366. The number of hydrogen-bond donors (Lipinski definition) is 0. The van der Waals surface area contributed by atoms with Crippen LogP contribution in [0.2, 0.25) is 0 Å². The highest BCUT2D eigenvalue weighted by Crippen LogP contribution is 2.39. The predicted molar refractivity (Wildman–Crippen MR) is 109 cm³/mol. The minimum Gasteiger partial charge on any atom is -0.334 e. The largest absolute Gasteiger partial charge is 0.334 e. The molecule has 2 heterocycles. The zero-order chi connectivity index (χ0) is 18.7. The van der Waals surface area contributed by atoms with E-state index in [9.17, 15) is 9.59 Å². The van der Waals surface area contributed by atoms with Gasteiger partial charge in [0.15, 0.2) is 0 Å². The van der Waals surface area contributed by atoms with E-state index in [1.807, 2.05) is 53.3 Å². The Balaban J connectivity index is 1.74. The van der Waals surface area contributed by atoms with E-state index in [4.69, 9.17) is 0 Å². The van der Waals surface area contributed by atoms with Crippen LogP contribution in [0.3, 0.4) is 0 Å². The molecule has 4 nitrogen and oxygen atoms in total. The summed E-state index contributed by atoms with van der Waals surface area (Å²) in [5.41, 5.74) is 2.38. The molecule has 1 fully saturated rings. The summed E-state index contributed by atoms with van der Waals surface area (Å²) in [6.45, 7) is 7.22. The molecule has 6 heteroatoms. The summed E-state index contributed by atoms with van der Waals surface area (Å²) in [6.07, 6.45) is 0. The normalized spacial score (nSPS) is 17.2. The molecule has 0 saturated carbocycles. The molecule has 138 valence electrons. The van der Waals surface area contributed by atoms with E-state index in [1.54, 1.807) is 11.8 Å². The van der Waals surface area contributed by atoms with Crippen LogP contribution in [0, 0.1) is 6.92 Å². The van der Waals surface area contributed by atoms with E-state index in [2.05, 4.69) is 19.1 Å². The summed E-state index contributed by atoms with van der Waals surface area (Å²) >= 11 is 3.13. The average molecular weight is 389 g/mol. The highest BCUT2D eigenvalue weighted by molar-refractivity contribution is 8.00. The molecule has 1 saturated heterocycles. The van der Waals surface area contributed by atoms with Gasteiger partial charge in [-0.1, -0.05) is 30.3 Å². The molecule has 1 atom stereocenters. The van der Waals surface area contributed by atoms with Gasteiger partial charge < -0.3 is 9.80 Å². The number of thiophene rings is 1. The monoisotopic (exact) mass is 388 g/mol. The SMILES string of the molecule is Cc1ccccc1[C@@H]1SCC(=O)N1CCN(C(=O)c1cccs1)C(C)C. The molecular formula is C20H24N2O2S2. The Bertz CT molecular complexity index is 774. The maximum Gasteiger partial charge on any atom is 0.264 e. The Morgan fingerprint density at radius 2 is 2.04 bits per heavy atom. The number of carbonyl (C=O) groups is 2. The topological polar surface area (TPSA) is 40.6 Å². The van der Waals surface area contributed by atoms with Gasteiger partial charge >= 0.3 is 0 Å². The minimum atomic E-state index is 0.0366. The fourth-order valence-corrected chi connectivity index (χ4v) is 5.16. The lowest BCUT2D eigenvalue weighted by atomic mass is 10.1. The smallest absolute Gasteiger partial charge is 0.264 e. The van der Waals surface area contributed by atoms with Gasteiger partial charge in [-0.3, -0.25) is 9.59 Å². The van der Waals surface area contributed by atoms with Crippen LogP contribution in [-0.2, 0) is 4.79 Å². The zero-order valence-electron chi connectivity index (χ0n) is 15.3.